The first-order valence-corrected chi connectivity index (χ1v) is 10.5. The molecular weight excluding hydrogens is 416 g/mol. The lowest BCUT2D eigenvalue weighted by Crippen LogP contribution is -2.03. The lowest BCUT2D eigenvalue weighted by atomic mass is 10.0. The first-order chi connectivity index (χ1) is 16.0. The van der Waals surface area contributed by atoms with Crippen LogP contribution in [0.25, 0.3) is 11.6 Å². The maximum atomic E-state index is 11.1. The van der Waals surface area contributed by atoms with Crippen molar-refractivity contribution in [3.05, 3.63) is 112 Å². The topological polar surface area (TPSA) is 85.4 Å². The van der Waals surface area contributed by atoms with Gasteiger partial charge in [-0.1, -0.05) is 48.5 Å². The molecule has 3 aromatic rings. The summed E-state index contributed by atoms with van der Waals surface area (Å²) < 4.78 is 12.0. The van der Waals surface area contributed by atoms with Crippen molar-refractivity contribution < 1.29 is 14.4 Å². The van der Waals surface area contributed by atoms with Crippen molar-refractivity contribution in [3.8, 4) is 17.6 Å². The summed E-state index contributed by atoms with van der Waals surface area (Å²) in [5.74, 6) is 1.20. The molecule has 6 nitrogen and oxygen atoms in total. The Morgan fingerprint density at radius 1 is 1.12 bits per heavy atom. The highest BCUT2D eigenvalue weighted by Crippen LogP contribution is 2.36. The maximum Gasteiger partial charge on any atom is 0.270 e. The third-order valence-electron chi connectivity index (χ3n) is 4.84. The van der Waals surface area contributed by atoms with E-state index in [0.717, 1.165) is 16.7 Å². The largest absolute Gasteiger partial charge is 0.490 e. The molecule has 3 aromatic carbocycles. The number of nitrogens with zero attached hydrogens (tertiary/aromatic N) is 2. The predicted octanol–water partition coefficient (Wildman–Crippen LogP) is 6.37. The van der Waals surface area contributed by atoms with Crippen molar-refractivity contribution in [2.24, 2.45) is 0 Å². The highest BCUT2D eigenvalue weighted by atomic mass is 16.6. The Morgan fingerprint density at radius 2 is 1.91 bits per heavy atom. The average Bonchev–Trinajstić information content (AvgIpc) is 2.83. The molecule has 0 aliphatic heterocycles. The van der Waals surface area contributed by atoms with Crippen molar-refractivity contribution in [1.82, 2.24) is 0 Å². The molecule has 0 heterocycles. The Hall–Kier alpha value is -4.37. The van der Waals surface area contributed by atoms with Crippen LogP contribution in [-0.2, 0) is 13.0 Å². The number of hydrogen-bond acceptors (Lipinski definition) is 5. The molecule has 0 atom stereocenters. The first kappa shape index (κ1) is 23.3. The van der Waals surface area contributed by atoms with Gasteiger partial charge >= 0.3 is 0 Å². The Kier molecular flexibility index (Phi) is 7.98. The lowest BCUT2D eigenvalue weighted by molar-refractivity contribution is -0.384. The van der Waals surface area contributed by atoms with Gasteiger partial charge in [-0.05, 0) is 48.2 Å². The zero-order chi connectivity index (χ0) is 23.6. The first-order valence-electron chi connectivity index (χ1n) is 10.5. The smallest absolute Gasteiger partial charge is 0.270 e. The van der Waals surface area contributed by atoms with Gasteiger partial charge in [0, 0.05) is 17.7 Å². The van der Waals surface area contributed by atoms with Crippen LogP contribution in [0, 0.1) is 21.4 Å². The number of allylic oxidation sites excluding steroid dienone is 2. The fraction of sp³-hybridized carbons (Fsp3) is 0.148. The summed E-state index contributed by atoms with van der Waals surface area (Å²) >= 11 is 0. The highest BCUT2D eigenvalue weighted by Gasteiger charge is 2.15. The number of rotatable bonds is 10. The van der Waals surface area contributed by atoms with E-state index in [9.17, 15) is 15.4 Å². The Labute approximate surface area is 193 Å². The second kappa shape index (κ2) is 11.3. The van der Waals surface area contributed by atoms with E-state index in [1.165, 1.54) is 12.1 Å². The number of nitriles is 1. The number of hydrogen-bond donors (Lipinski definition) is 0. The van der Waals surface area contributed by atoms with E-state index in [2.05, 4.69) is 12.6 Å². The lowest BCUT2D eigenvalue weighted by Gasteiger charge is -2.17. The van der Waals surface area contributed by atoms with Crippen LogP contribution in [0.3, 0.4) is 0 Å². The monoisotopic (exact) mass is 440 g/mol. The van der Waals surface area contributed by atoms with Gasteiger partial charge in [0.25, 0.3) is 5.69 Å². The molecule has 0 spiro atoms. The molecule has 0 unspecified atom stereocenters. The molecule has 0 amide bonds. The van der Waals surface area contributed by atoms with E-state index in [4.69, 9.17) is 9.47 Å². The van der Waals surface area contributed by atoms with E-state index in [1.54, 1.807) is 24.3 Å². The van der Waals surface area contributed by atoms with Gasteiger partial charge in [0.2, 0.25) is 0 Å². The van der Waals surface area contributed by atoms with Crippen LogP contribution in [-0.4, -0.2) is 11.5 Å². The minimum absolute atomic E-state index is 0.0688. The van der Waals surface area contributed by atoms with Crippen molar-refractivity contribution in [2.45, 2.75) is 20.0 Å². The van der Waals surface area contributed by atoms with Crippen molar-refractivity contribution in [3.63, 3.8) is 0 Å². The van der Waals surface area contributed by atoms with Crippen molar-refractivity contribution in [2.75, 3.05) is 6.61 Å². The molecular formula is C27H24N2O4. The quantitative estimate of drug-likeness (QED) is 0.120. The van der Waals surface area contributed by atoms with Gasteiger partial charge in [0.15, 0.2) is 11.5 Å². The molecule has 0 fully saturated rings. The SMILES string of the molecule is C=CCc1cc(/C=C(/C#N)c2cccc([N+](=O)[O-])c2)cc(OCC)c1OCc1ccccc1. The molecule has 0 N–H and O–H groups in total. The van der Waals surface area contributed by atoms with Crippen molar-refractivity contribution in [1.29, 1.82) is 5.26 Å². The van der Waals surface area contributed by atoms with Gasteiger partial charge in [0.1, 0.15) is 6.61 Å². The van der Waals surface area contributed by atoms with Crippen molar-refractivity contribution >= 4 is 17.3 Å². The summed E-state index contributed by atoms with van der Waals surface area (Å²) in [6.45, 7) is 6.56. The van der Waals surface area contributed by atoms with Gasteiger partial charge in [-0.2, -0.15) is 5.26 Å². The van der Waals surface area contributed by atoms with E-state index >= 15 is 0 Å². The van der Waals surface area contributed by atoms with Gasteiger partial charge < -0.3 is 9.47 Å². The molecule has 0 saturated heterocycles. The van der Waals surface area contributed by atoms with Gasteiger partial charge in [-0.15, -0.1) is 6.58 Å². The summed E-state index contributed by atoms with van der Waals surface area (Å²) in [4.78, 5) is 10.6. The molecule has 0 aliphatic rings. The molecule has 3 rings (SSSR count). The summed E-state index contributed by atoms with van der Waals surface area (Å²) in [5, 5.41) is 20.8. The number of nitro groups is 1. The maximum absolute atomic E-state index is 11.1. The zero-order valence-corrected chi connectivity index (χ0v) is 18.4. The third-order valence-corrected chi connectivity index (χ3v) is 4.84. The van der Waals surface area contributed by atoms with Crippen LogP contribution in [0.15, 0.2) is 79.4 Å². The van der Waals surface area contributed by atoms with Crippen LogP contribution < -0.4 is 9.47 Å². The van der Waals surface area contributed by atoms with E-state index in [0.29, 0.717) is 42.3 Å². The summed E-state index contributed by atoms with van der Waals surface area (Å²) in [7, 11) is 0. The Bertz CT molecular complexity index is 1210. The number of nitro benzene ring substituents is 1. The molecule has 0 saturated carbocycles. The molecule has 0 aliphatic carbocycles. The van der Waals surface area contributed by atoms with Crippen LogP contribution in [0.2, 0.25) is 0 Å². The van der Waals surface area contributed by atoms with Gasteiger partial charge in [0.05, 0.1) is 23.2 Å². The van der Waals surface area contributed by atoms with E-state index < -0.39 is 4.92 Å². The Balaban J connectivity index is 2.02. The molecule has 33 heavy (non-hydrogen) atoms. The molecule has 166 valence electrons. The average molecular weight is 440 g/mol. The summed E-state index contributed by atoms with van der Waals surface area (Å²) in [6, 6.07) is 21.7. The minimum Gasteiger partial charge on any atom is -0.490 e. The molecule has 0 bridgehead atoms. The normalized spacial score (nSPS) is 10.8. The number of ether oxygens (including phenoxy) is 2. The van der Waals surface area contributed by atoms with Crippen LogP contribution in [0.4, 0.5) is 5.69 Å². The second-order valence-electron chi connectivity index (χ2n) is 7.18. The van der Waals surface area contributed by atoms with Crippen LogP contribution in [0.1, 0.15) is 29.2 Å². The van der Waals surface area contributed by atoms with E-state index in [1.807, 2.05) is 49.4 Å². The molecule has 0 radical (unpaired) electrons. The summed E-state index contributed by atoms with van der Waals surface area (Å²) in [5.41, 5.74) is 3.34. The van der Waals surface area contributed by atoms with Gasteiger partial charge in [-0.3, -0.25) is 10.1 Å². The predicted molar refractivity (Wildman–Crippen MR) is 129 cm³/mol. The fourth-order valence-electron chi connectivity index (χ4n) is 3.36. The minimum atomic E-state index is -0.479. The summed E-state index contributed by atoms with van der Waals surface area (Å²) in [6.07, 6.45) is 4.01. The van der Waals surface area contributed by atoms with Crippen LogP contribution in [0.5, 0.6) is 11.5 Å². The fourth-order valence-corrected chi connectivity index (χ4v) is 3.36. The Morgan fingerprint density at radius 3 is 2.58 bits per heavy atom. The van der Waals surface area contributed by atoms with Crippen LogP contribution >= 0.6 is 0 Å². The second-order valence-corrected chi connectivity index (χ2v) is 7.18. The highest BCUT2D eigenvalue weighted by molar-refractivity contribution is 5.90. The van der Waals surface area contributed by atoms with E-state index in [-0.39, 0.29) is 5.69 Å². The zero-order valence-electron chi connectivity index (χ0n) is 18.4. The van der Waals surface area contributed by atoms with Gasteiger partial charge in [-0.25, -0.2) is 0 Å². The third kappa shape index (κ3) is 6.08. The molecule has 0 aromatic heterocycles. The molecule has 6 heteroatoms. The standard InChI is InChI=1S/C27H24N2O4/c1-3-9-23-14-21(15-24(18-28)22-12-8-13-25(17-22)29(30)31)16-26(32-4-2)27(23)33-19-20-10-6-5-7-11-20/h3,5-8,10-17H,1,4,9,19H2,2H3/b24-15-. The number of benzene rings is 3. The number of non-ortho nitro benzene ring substituents is 1.